The van der Waals surface area contributed by atoms with E-state index in [0.717, 1.165) is 11.3 Å². The zero-order valence-electron chi connectivity index (χ0n) is 14.3. The van der Waals surface area contributed by atoms with E-state index in [9.17, 15) is 8.42 Å². The minimum Gasteiger partial charge on any atom is -0.269 e. The van der Waals surface area contributed by atoms with Crippen LogP contribution in [0.25, 0.3) is 17.0 Å². The molecule has 2 aromatic heterocycles. The second-order valence-corrected chi connectivity index (χ2v) is 8.09. The van der Waals surface area contributed by atoms with E-state index in [2.05, 4.69) is 14.7 Å². The lowest BCUT2D eigenvalue weighted by atomic mass is 10.1. The number of halogens is 1. The summed E-state index contributed by atoms with van der Waals surface area (Å²) < 4.78 is 30.1. The molecule has 8 heteroatoms. The van der Waals surface area contributed by atoms with Crippen LogP contribution in [0.5, 0.6) is 0 Å². The molecule has 0 saturated heterocycles. The normalized spacial score (nSPS) is 11.6. The highest BCUT2D eigenvalue weighted by Crippen LogP contribution is 2.30. The van der Waals surface area contributed by atoms with Gasteiger partial charge in [-0.3, -0.25) is 9.12 Å². The van der Waals surface area contributed by atoms with Crippen molar-refractivity contribution >= 4 is 33.2 Å². The predicted octanol–water partition coefficient (Wildman–Crippen LogP) is 4.16. The van der Waals surface area contributed by atoms with Gasteiger partial charge in [0, 0.05) is 22.5 Å². The topological polar surface area (TPSA) is 76.4 Å². The van der Waals surface area contributed by atoms with Crippen LogP contribution in [0.15, 0.2) is 71.8 Å². The Labute approximate surface area is 161 Å². The van der Waals surface area contributed by atoms with Gasteiger partial charge in [-0.1, -0.05) is 41.9 Å². The summed E-state index contributed by atoms with van der Waals surface area (Å²) in [5, 5.41) is 0.466. The number of aromatic nitrogens is 3. The molecule has 2 aromatic carbocycles. The first-order chi connectivity index (χ1) is 12.9. The molecule has 0 aliphatic heterocycles. The Morgan fingerprint density at radius 1 is 0.963 bits per heavy atom. The Morgan fingerprint density at radius 3 is 2.37 bits per heavy atom. The minimum absolute atomic E-state index is 0.112. The van der Waals surface area contributed by atoms with Crippen LogP contribution in [0.1, 0.15) is 5.69 Å². The summed E-state index contributed by atoms with van der Waals surface area (Å²) in [5.41, 5.74) is 2.08. The highest BCUT2D eigenvalue weighted by Gasteiger charge is 2.21. The number of rotatable bonds is 4. The van der Waals surface area contributed by atoms with E-state index in [1.807, 2.05) is 37.3 Å². The number of anilines is 1. The van der Waals surface area contributed by atoms with E-state index in [0.29, 0.717) is 22.3 Å². The molecule has 6 nitrogen and oxygen atoms in total. The number of aryl methyl sites for hydroxylation is 1. The lowest BCUT2D eigenvalue weighted by Crippen LogP contribution is -2.15. The van der Waals surface area contributed by atoms with Crippen molar-refractivity contribution in [3.8, 4) is 11.3 Å². The molecule has 0 unspecified atom stereocenters. The molecule has 0 atom stereocenters. The fraction of sp³-hybridized carbons (Fsp3) is 0.0526. The molecule has 0 amide bonds. The Kier molecular flexibility index (Phi) is 4.33. The number of imidazole rings is 1. The van der Waals surface area contributed by atoms with Gasteiger partial charge in [-0.15, -0.1) is 0 Å². The number of benzene rings is 2. The molecule has 1 N–H and O–H groups in total. The number of hydrogen-bond acceptors (Lipinski definition) is 4. The highest BCUT2D eigenvalue weighted by molar-refractivity contribution is 7.92. The third kappa shape index (κ3) is 3.39. The summed E-state index contributed by atoms with van der Waals surface area (Å²) in [6, 6.07) is 17.1. The fourth-order valence-corrected chi connectivity index (χ4v) is 3.90. The lowest BCUT2D eigenvalue weighted by molar-refractivity contribution is 0.601. The second-order valence-electron chi connectivity index (χ2n) is 5.97. The van der Waals surface area contributed by atoms with Crippen LogP contribution < -0.4 is 4.72 Å². The van der Waals surface area contributed by atoms with E-state index in [1.54, 1.807) is 16.7 Å². The van der Waals surface area contributed by atoms with Crippen LogP contribution >= 0.6 is 11.6 Å². The Bertz CT molecular complexity index is 1220. The van der Waals surface area contributed by atoms with Gasteiger partial charge in [0.05, 0.1) is 4.90 Å². The molecule has 27 heavy (non-hydrogen) atoms. The molecule has 0 radical (unpaired) electrons. The van der Waals surface area contributed by atoms with E-state index >= 15 is 0 Å². The summed E-state index contributed by atoms with van der Waals surface area (Å²) in [6.07, 6.45) is 1.75. The molecule has 136 valence electrons. The molecule has 2 heterocycles. The summed E-state index contributed by atoms with van der Waals surface area (Å²) in [5.74, 6) is 0.751. The largest absolute Gasteiger partial charge is 0.269 e. The third-order valence-corrected chi connectivity index (χ3v) is 5.64. The fourth-order valence-electron chi connectivity index (χ4n) is 2.71. The van der Waals surface area contributed by atoms with Crippen LogP contribution in [0.2, 0.25) is 5.02 Å². The van der Waals surface area contributed by atoms with Gasteiger partial charge < -0.3 is 0 Å². The molecule has 4 rings (SSSR count). The molecule has 0 saturated carbocycles. The van der Waals surface area contributed by atoms with E-state index in [4.69, 9.17) is 11.6 Å². The molecule has 0 aliphatic carbocycles. The Hall–Kier alpha value is -2.90. The number of fused-ring (bicyclic) bond motifs is 1. The lowest BCUT2D eigenvalue weighted by Gasteiger charge is -2.10. The monoisotopic (exact) mass is 398 g/mol. The molecule has 4 aromatic rings. The molecule has 0 fully saturated rings. The molecule has 0 aliphatic rings. The van der Waals surface area contributed by atoms with Gasteiger partial charge in [0.25, 0.3) is 10.0 Å². The standard InChI is InChI=1S/C19H15ClN4O2S/c1-13-11-12-24-18(23-27(25,26)16-9-7-15(20)8-10-16)17(22-19(24)21-13)14-5-3-2-4-6-14/h2-12,23H,1H3. The zero-order valence-corrected chi connectivity index (χ0v) is 15.9. The van der Waals surface area contributed by atoms with E-state index in [-0.39, 0.29) is 4.90 Å². The van der Waals surface area contributed by atoms with Crippen molar-refractivity contribution in [3.05, 3.63) is 77.6 Å². The SMILES string of the molecule is Cc1ccn2c(NS(=O)(=O)c3ccc(Cl)cc3)c(-c3ccccc3)nc2n1. The maximum absolute atomic E-state index is 12.9. The average molecular weight is 399 g/mol. The predicted molar refractivity (Wildman–Crippen MR) is 105 cm³/mol. The minimum atomic E-state index is -3.83. The van der Waals surface area contributed by atoms with E-state index < -0.39 is 10.0 Å². The van der Waals surface area contributed by atoms with Gasteiger partial charge in [0.1, 0.15) is 5.69 Å². The van der Waals surface area contributed by atoms with Crippen LogP contribution in [-0.4, -0.2) is 22.8 Å². The first-order valence-electron chi connectivity index (χ1n) is 8.13. The summed E-state index contributed by atoms with van der Waals surface area (Å²) in [7, 11) is -3.83. The van der Waals surface area contributed by atoms with Gasteiger partial charge >= 0.3 is 0 Å². The highest BCUT2D eigenvalue weighted by atomic mass is 35.5. The van der Waals surface area contributed by atoms with Gasteiger partial charge in [-0.05, 0) is 37.3 Å². The van der Waals surface area contributed by atoms with Crippen LogP contribution in [0.4, 0.5) is 5.82 Å². The van der Waals surface area contributed by atoms with Crippen molar-refractivity contribution in [2.24, 2.45) is 0 Å². The van der Waals surface area contributed by atoms with Crippen molar-refractivity contribution in [2.75, 3.05) is 4.72 Å². The van der Waals surface area contributed by atoms with Crippen LogP contribution in [0.3, 0.4) is 0 Å². The summed E-state index contributed by atoms with van der Waals surface area (Å²) >= 11 is 5.87. The Balaban J connectivity index is 1.88. The number of hydrogen-bond donors (Lipinski definition) is 1. The van der Waals surface area contributed by atoms with Gasteiger partial charge in [0.15, 0.2) is 5.82 Å². The first kappa shape index (κ1) is 17.5. The smallest absolute Gasteiger partial charge is 0.263 e. The number of nitrogens with zero attached hydrogens (tertiary/aromatic N) is 3. The van der Waals surface area contributed by atoms with Crippen molar-refractivity contribution in [1.82, 2.24) is 14.4 Å². The maximum Gasteiger partial charge on any atom is 0.263 e. The third-order valence-electron chi connectivity index (χ3n) is 4.04. The van der Waals surface area contributed by atoms with Crippen molar-refractivity contribution in [2.45, 2.75) is 11.8 Å². The van der Waals surface area contributed by atoms with Crippen molar-refractivity contribution in [1.29, 1.82) is 0 Å². The maximum atomic E-state index is 12.9. The molecular weight excluding hydrogens is 384 g/mol. The second kappa shape index (κ2) is 6.68. The molecule has 0 spiro atoms. The quantitative estimate of drug-likeness (QED) is 0.560. The number of sulfonamides is 1. The summed E-state index contributed by atoms with van der Waals surface area (Å²) in [4.78, 5) is 9.05. The van der Waals surface area contributed by atoms with Crippen molar-refractivity contribution in [3.63, 3.8) is 0 Å². The number of nitrogens with one attached hydrogen (secondary N) is 1. The van der Waals surface area contributed by atoms with Crippen molar-refractivity contribution < 1.29 is 8.42 Å². The van der Waals surface area contributed by atoms with E-state index in [1.165, 1.54) is 24.3 Å². The average Bonchev–Trinajstić information content (AvgIpc) is 2.99. The van der Waals surface area contributed by atoms with Crippen LogP contribution in [0, 0.1) is 6.92 Å². The molecule has 0 bridgehead atoms. The summed E-state index contributed by atoms with van der Waals surface area (Å²) in [6.45, 7) is 1.86. The zero-order chi connectivity index (χ0) is 19.0. The van der Waals surface area contributed by atoms with Gasteiger partial charge in [-0.25, -0.2) is 18.4 Å². The Morgan fingerprint density at radius 2 is 1.67 bits per heavy atom. The van der Waals surface area contributed by atoms with Gasteiger partial charge in [-0.2, -0.15) is 0 Å². The molecular formula is C19H15ClN4O2S. The van der Waals surface area contributed by atoms with Gasteiger partial charge in [0.2, 0.25) is 5.78 Å². The van der Waals surface area contributed by atoms with Crippen LogP contribution in [-0.2, 0) is 10.0 Å². The first-order valence-corrected chi connectivity index (χ1v) is 10.00.